The van der Waals surface area contributed by atoms with Crippen LogP contribution in [0.25, 0.3) is 0 Å². The maximum Gasteiger partial charge on any atom is 0.329 e. The van der Waals surface area contributed by atoms with Crippen molar-refractivity contribution in [3.63, 3.8) is 0 Å². The van der Waals surface area contributed by atoms with E-state index in [1.165, 1.54) is 6.92 Å². The molecular formula is C17H15Cl4NO5. The van der Waals surface area contributed by atoms with Gasteiger partial charge in [0.2, 0.25) is 0 Å². The molecule has 1 aliphatic heterocycles. The molecule has 1 unspecified atom stereocenters. The van der Waals surface area contributed by atoms with Crippen LogP contribution < -0.4 is 0 Å². The first-order chi connectivity index (χ1) is 12.3. The predicted octanol–water partition coefficient (Wildman–Crippen LogP) is 4.44. The van der Waals surface area contributed by atoms with Gasteiger partial charge in [-0.05, 0) is 6.92 Å². The van der Waals surface area contributed by atoms with Crippen LogP contribution >= 0.6 is 46.4 Å². The fourth-order valence-corrected chi connectivity index (χ4v) is 3.31. The number of rotatable bonds is 4. The Bertz CT molecular complexity index is 828. The summed E-state index contributed by atoms with van der Waals surface area (Å²) in [6.45, 7) is 5.84. The van der Waals surface area contributed by atoms with Crippen LogP contribution in [0, 0.1) is 5.41 Å². The van der Waals surface area contributed by atoms with Crippen molar-refractivity contribution in [1.29, 1.82) is 0 Å². The van der Waals surface area contributed by atoms with E-state index in [-0.39, 0.29) is 37.0 Å². The Balaban J connectivity index is 2.30. The maximum absolute atomic E-state index is 12.7. The van der Waals surface area contributed by atoms with Gasteiger partial charge in [-0.3, -0.25) is 19.3 Å². The highest BCUT2D eigenvalue weighted by atomic mass is 35.5. The van der Waals surface area contributed by atoms with E-state index < -0.39 is 35.8 Å². The molecule has 146 valence electrons. The molecule has 0 bridgehead atoms. The van der Waals surface area contributed by atoms with Crippen LogP contribution in [0.3, 0.4) is 0 Å². The normalized spacial score (nSPS) is 15.0. The minimum atomic E-state index is -1.31. The quantitative estimate of drug-likeness (QED) is 0.290. The molecule has 2 amide bonds. The van der Waals surface area contributed by atoms with Crippen molar-refractivity contribution in [3.8, 4) is 0 Å². The van der Waals surface area contributed by atoms with Gasteiger partial charge in [0, 0.05) is 5.41 Å². The minimum absolute atomic E-state index is 0.170. The lowest BCUT2D eigenvalue weighted by Gasteiger charge is -2.22. The lowest BCUT2D eigenvalue weighted by molar-refractivity contribution is -0.153. The zero-order valence-corrected chi connectivity index (χ0v) is 17.8. The Labute approximate surface area is 175 Å². The molecule has 0 saturated carbocycles. The Kier molecular flexibility index (Phi) is 6.17. The number of fused-ring (bicyclic) bond motifs is 1. The summed E-state index contributed by atoms with van der Waals surface area (Å²) in [4.78, 5) is 50.2. The van der Waals surface area contributed by atoms with E-state index in [0.717, 1.165) is 0 Å². The maximum atomic E-state index is 12.7. The van der Waals surface area contributed by atoms with Crippen molar-refractivity contribution in [1.82, 2.24) is 4.90 Å². The van der Waals surface area contributed by atoms with Crippen LogP contribution in [0.4, 0.5) is 0 Å². The van der Waals surface area contributed by atoms with E-state index >= 15 is 0 Å². The van der Waals surface area contributed by atoms with Crippen molar-refractivity contribution in [3.05, 3.63) is 31.2 Å². The molecule has 1 aliphatic rings. The number of halogens is 4. The number of carbonyl (C=O) groups excluding carboxylic acids is 4. The number of hydrogen-bond donors (Lipinski definition) is 0. The number of ketones is 1. The lowest BCUT2D eigenvalue weighted by Crippen LogP contribution is -2.44. The van der Waals surface area contributed by atoms with Gasteiger partial charge in [0.25, 0.3) is 11.8 Å². The minimum Gasteiger partial charge on any atom is -0.456 e. The van der Waals surface area contributed by atoms with Gasteiger partial charge < -0.3 is 4.74 Å². The third-order valence-electron chi connectivity index (χ3n) is 4.04. The first-order valence-electron chi connectivity index (χ1n) is 7.74. The Hall–Kier alpha value is -1.34. The van der Waals surface area contributed by atoms with Gasteiger partial charge in [-0.25, -0.2) is 4.79 Å². The highest BCUT2D eigenvalue weighted by molar-refractivity contribution is 6.55. The van der Waals surface area contributed by atoms with E-state index in [0.29, 0.717) is 4.90 Å². The van der Waals surface area contributed by atoms with E-state index in [2.05, 4.69) is 0 Å². The second-order valence-electron chi connectivity index (χ2n) is 6.94. The molecule has 0 fully saturated rings. The van der Waals surface area contributed by atoms with Crippen molar-refractivity contribution in [2.24, 2.45) is 5.41 Å². The number of esters is 1. The van der Waals surface area contributed by atoms with Crippen molar-refractivity contribution >= 4 is 70.0 Å². The molecule has 0 radical (unpaired) electrons. The summed E-state index contributed by atoms with van der Waals surface area (Å²) >= 11 is 24.0. The molecule has 1 aromatic rings. The third kappa shape index (κ3) is 3.81. The summed E-state index contributed by atoms with van der Waals surface area (Å²) in [6.07, 6.45) is 0. The molecule has 2 rings (SSSR count). The molecule has 10 heteroatoms. The average molecular weight is 455 g/mol. The standard InChI is InChI=1S/C17H15Cl4NO5/c1-6(16(26)27-5-7(23)17(2,3)4)22-14(24)8-9(15(22)25)11(19)13(21)12(20)10(8)18/h6H,5H2,1-4H3. The molecule has 0 aliphatic carbocycles. The summed E-state index contributed by atoms with van der Waals surface area (Å²) < 4.78 is 4.96. The molecule has 0 N–H and O–H groups in total. The van der Waals surface area contributed by atoms with E-state index in [1.807, 2.05) is 0 Å². The summed E-state index contributed by atoms with van der Waals surface area (Å²) in [6, 6.07) is -1.31. The summed E-state index contributed by atoms with van der Waals surface area (Å²) in [5.41, 5.74) is -1.16. The van der Waals surface area contributed by atoms with E-state index in [1.54, 1.807) is 20.8 Å². The highest BCUT2D eigenvalue weighted by Crippen LogP contribution is 2.45. The van der Waals surface area contributed by atoms with Gasteiger partial charge in [0.15, 0.2) is 12.4 Å². The molecule has 0 spiro atoms. The molecule has 1 atom stereocenters. The van der Waals surface area contributed by atoms with E-state index in [4.69, 9.17) is 51.1 Å². The summed E-state index contributed by atoms with van der Waals surface area (Å²) in [7, 11) is 0. The van der Waals surface area contributed by atoms with Gasteiger partial charge in [0.1, 0.15) is 6.04 Å². The smallest absolute Gasteiger partial charge is 0.329 e. The van der Waals surface area contributed by atoms with Crippen LogP contribution in [0.5, 0.6) is 0 Å². The Morgan fingerprint density at radius 2 is 1.33 bits per heavy atom. The molecule has 0 aromatic heterocycles. The van der Waals surface area contributed by atoms with Gasteiger partial charge in [-0.1, -0.05) is 67.2 Å². The van der Waals surface area contributed by atoms with Crippen LogP contribution in [-0.4, -0.2) is 41.1 Å². The monoisotopic (exact) mass is 453 g/mol. The Morgan fingerprint density at radius 3 is 1.70 bits per heavy atom. The SMILES string of the molecule is CC(C(=O)OCC(=O)C(C)(C)C)N1C(=O)c2c(Cl)c(Cl)c(Cl)c(Cl)c2C1=O. The summed E-state index contributed by atoms with van der Waals surface area (Å²) in [5.74, 6) is -2.94. The Morgan fingerprint density at radius 1 is 0.926 bits per heavy atom. The fraction of sp³-hybridized carbons (Fsp3) is 0.412. The van der Waals surface area contributed by atoms with Gasteiger partial charge >= 0.3 is 5.97 Å². The average Bonchev–Trinajstić information content (AvgIpc) is 2.84. The number of hydrogen-bond acceptors (Lipinski definition) is 5. The molecule has 1 aromatic carbocycles. The van der Waals surface area contributed by atoms with Crippen molar-refractivity contribution in [2.45, 2.75) is 33.7 Å². The number of amides is 2. The number of imide groups is 1. The first kappa shape index (κ1) is 22.0. The molecule has 6 nitrogen and oxygen atoms in total. The van der Waals surface area contributed by atoms with Crippen molar-refractivity contribution in [2.75, 3.05) is 6.61 Å². The second kappa shape index (κ2) is 7.59. The molecular weight excluding hydrogens is 440 g/mol. The van der Waals surface area contributed by atoms with Gasteiger partial charge in [0.05, 0.1) is 31.2 Å². The third-order valence-corrected chi connectivity index (χ3v) is 5.84. The van der Waals surface area contributed by atoms with Gasteiger partial charge in [-0.2, -0.15) is 0 Å². The first-order valence-corrected chi connectivity index (χ1v) is 9.25. The zero-order chi connectivity index (χ0) is 20.8. The summed E-state index contributed by atoms with van der Waals surface area (Å²) in [5, 5.41) is -0.803. The number of ether oxygens (including phenoxy) is 1. The van der Waals surface area contributed by atoms with Crippen LogP contribution in [0.1, 0.15) is 48.4 Å². The second-order valence-corrected chi connectivity index (χ2v) is 8.45. The largest absolute Gasteiger partial charge is 0.456 e. The van der Waals surface area contributed by atoms with Crippen LogP contribution in [0.15, 0.2) is 0 Å². The molecule has 1 heterocycles. The highest BCUT2D eigenvalue weighted by Gasteiger charge is 2.45. The van der Waals surface area contributed by atoms with Crippen molar-refractivity contribution < 1.29 is 23.9 Å². The number of Topliss-reactive ketones (excluding diaryl/α,β-unsaturated/α-hetero) is 1. The number of carbonyl (C=O) groups is 4. The zero-order valence-electron chi connectivity index (χ0n) is 14.8. The van der Waals surface area contributed by atoms with E-state index in [9.17, 15) is 19.2 Å². The van der Waals surface area contributed by atoms with Crippen LogP contribution in [0.2, 0.25) is 20.1 Å². The molecule has 0 saturated heterocycles. The number of nitrogens with zero attached hydrogens (tertiary/aromatic N) is 1. The fourth-order valence-electron chi connectivity index (χ4n) is 2.30. The lowest BCUT2D eigenvalue weighted by atomic mass is 9.91. The van der Waals surface area contributed by atoms with Crippen LogP contribution in [-0.2, 0) is 14.3 Å². The predicted molar refractivity (Wildman–Crippen MR) is 102 cm³/mol. The number of benzene rings is 1. The topological polar surface area (TPSA) is 80.8 Å². The molecule has 27 heavy (non-hydrogen) atoms. The van der Waals surface area contributed by atoms with Gasteiger partial charge in [-0.15, -0.1) is 0 Å².